The van der Waals surface area contributed by atoms with Gasteiger partial charge in [-0.1, -0.05) is 0 Å². The molecule has 1 aromatic heterocycles. The molecule has 0 aliphatic rings. The number of nitriles is 1. The van der Waals surface area contributed by atoms with Crippen LogP contribution in [0.5, 0.6) is 0 Å². The van der Waals surface area contributed by atoms with Gasteiger partial charge in [-0.15, -0.1) is 11.8 Å². The Hall–Kier alpha value is -0.920. The standard InChI is InChI=1S/C11H16N2OS/c1-9-10(4-6-14-9)15-7-3-5-11(2,13)8-12/h4,6H,3,5,7,13H2,1-2H3. The monoisotopic (exact) mass is 224 g/mol. The zero-order valence-corrected chi connectivity index (χ0v) is 9.93. The van der Waals surface area contributed by atoms with Crippen molar-refractivity contribution in [2.75, 3.05) is 5.75 Å². The van der Waals surface area contributed by atoms with Crippen LogP contribution in [0.3, 0.4) is 0 Å². The van der Waals surface area contributed by atoms with Crippen LogP contribution in [0.15, 0.2) is 21.6 Å². The molecular weight excluding hydrogens is 208 g/mol. The second kappa shape index (κ2) is 5.24. The summed E-state index contributed by atoms with van der Waals surface area (Å²) in [6, 6.07) is 4.06. The van der Waals surface area contributed by atoms with Crippen LogP contribution in [-0.2, 0) is 0 Å². The van der Waals surface area contributed by atoms with Gasteiger partial charge in [-0.3, -0.25) is 0 Å². The van der Waals surface area contributed by atoms with Gasteiger partial charge in [0.25, 0.3) is 0 Å². The molecule has 0 aliphatic heterocycles. The maximum atomic E-state index is 8.72. The number of furan rings is 1. The molecule has 0 saturated heterocycles. The summed E-state index contributed by atoms with van der Waals surface area (Å²) >= 11 is 1.75. The third-order valence-corrected chi connectivity index (χ3v) is 3.39. The van der Waals surface area contributed by atoms with Gasteiger partial charge in [-0.25, -0.2) is 0 Å². The molecule has 0 bridgehead atoms. The summed E-state index contributed by atoms with van der Waals surface area (Å²) in [6.07, 6.45) is 3.36. The molecule has 15 heavy (non-hydrogen) atoms. The van der Waals surface area contributed by atoms with Crippen molar-refractivity contribution in [3.8, 4) is 6.07 Å². The second-order valence-electron chi connectivity index (χ2n) is 3.82. The average molecular weight is 224 g/mol. The van der Waals surface area contributed by atoms with Crippen LogP contribution in [-0.4, -0.2) is 11.3 Å². The fraction of sp³-hybridized carbons (Fsp3) is 0.545. The molecule has 0 spiro atoms. The molecule has 82 valence electrons. The lowest BCUT2D eigenvalue weighted by atomic mass is 10.0. The zero-order chi connectivity index (χ0) is 11.3. The van der Waals surface area contributed by atoms with E-state index in [2.05, 4.69) is 6.07 Å². The average Bonchev–Trinajstić information content (AvgIpc) is 2.59. The lowest BCUT2D eigenvalue weighted by molar-refractivity contribution is 0.526. The number of rotatable bonds is 5. The first-order valence-corrected chi connectivity index (χ1v) is 5.91. The van der Waals surface area contributed by atoms with Gasteiger partial charge < -0.3 is 10.2 Å². The summed E-state index contributed by atoms with van der Waals surface area (Å²) in [7, 11) is 0. The van der Waals surface area contributed by atoms with E-state index in [-0.39, 0.29) is 0 Å². The number of hydrogen-bond acceptors (Lipinski definition) is 4. The van der Waals surface area contributed by atoms with Crippen molar-refractivity contribution in [3.63, 3.8) is 0 Å². The van der Waals surface area contributed by atoms with Crippen molar-refractivity contribution in [3.05, 3.63) is 18.1 Å². The molecule has 1 heterocycles. The summed E-state index contributed by atoms with van der Waals surface area (Å²) < 4.78 is 5.19. The van der Waals surface area contributed by atoms with E-state index < -0.39 is 5.54 Å². The Balaban J connectivity index is 2.24. The predicted octanol–water partition coefficient (Wildman–Crippen LogP) is 2.70. The molecule has 0 aliphatic carbocycles. The van der Waals surface area contributed by atoms with Gasteiger partial charge in [0, 0.05) is 4.90 Å². The molecule has 1 atom stereocenters. The predicted molar refractivity (Wildman–Crippen MR) is 61.6 cm³/mol. The molecule has 1 rings (SSSR count). The smallest absolute Gasteiger partial charge is 0.114 e. The highest BCUT2D eigenvalue weighted by atomic mass is 32.2. The molecule has 2 N–H and O–H groups in total. The van der Waals surface area contributed by atoms with E-state index in [1.807, 2.05) is 13.0 Å². The highest BCUT2D eigenvalue weighted by Gasteiger charge is 2.16. The zero-order valence-electron chi connectivity index (χ0n) is 9.12. The number of aryl methyl sites for hydroxylation is 1. The lowest BCUT2D eigenvalue weighted by Crippen LogP contribution is -2.33. The van der Waals surface area contributed by atoms with Gasteiger partial charge in [0.1, 0.15) is 11.3 Å². The Morgan fingerprint density at radius 2 is 2.40 bits per heavy atom. The van der Waals surface area contributed by atoms with Crippen molar-refractivity contribution in [2.45, 2.75) is 37.1 Å². The summed E-state index contributed by atoms with van der Waals surface area (Å²) in [5, 5.41) is 8.72. The van der Waals surface area contributed by atoms with E-state index in [0.29, 0.717) is 0 Å². The van der Waals surface area contributed by atoms with Crippen LogP contribution < -0.4 is 5.73 Å². The van der Waals surface area contributed by atoms with Crippen LogP contribution in [0.1, 0.15) is 25.5 Å². The first kappa shape index (κ1) is 12.2. The van der Waals surface area contributed by atoms with Crippen LogP contribution in [0.4, 0.5) is 0 Å². The lowest BCUT2D eigenvalue weighted by Gasteiger charge is -2.13. The van der Waals surface area contributed by atoms with Crippen LogP contribution in [0.2, 0.25) is 0 Å². The normalized spacial score (nSPS) is 14.5. The van der Waals surface area contributed by atoms with Crippen molar-refractivity contribution >= 4 is 11.8 Å². The second-order valence-corrected chi connectivity index (χ2v) is 4.96. The van der Waals surface area contributed by atoms with Crippen molar-refractivity contribution in [1.29, 1.82) is 5.26 Å². The maximum Gasteiger partial charge on any atom is 0.114 e. The molecule has 0 saturated carbocycles. The van der Waals surface area contributed by atoms with Gasteiger partial charge in [0.15, 0.2) is 0 Å². The number of nitrogens with two attached hydrogens (primary N) is 1. The highest BCUT2D eigenvalue weighted by Crippen LogP contribution is 2.24. The third-order valence-electron chi connectivity index (χ3n) is 2.16. The Morgan fingerprint density at radius 3 is 2.93 bits per heavy atom. The van der Waals surface area contributed by atoms with Gasteiger partial charge in [-0.05, 0) is 38.5 Å². The summed E-state index contributed by atoms with van der Waals surface area (Å²) in [4.78, 5) is 1.17. The molecule has 3 nitrogen and oxygen atoms in total. The van der Waals surface area contributed by atoms with Gasteiger partial charge in [0.05, 0.1) is 12.3 Å². The van der Waals surface area contributed by atoms with Gasteiger partial charge in [-0.2, -0.15) is 5.26 Å². The molecular formula is C11H16N2OS. The molecule has 0 radical (unpaired) electrons. The molecule has 0 aromatic carbocycles. The van der Waals surface area contributed by atoms with Crippen molar-refractivity contribution in [1.82, 2.24) is 0 Å². The third kappa shape index (κ3) is 3.98. The van der Waals surface area contributed by atoms with Crippen molar-refractivity contribution < 1.29 is 4.42 Å². The molecule has 1 unspecified atom stereocenters. The van der Waals surface area contributed by atoms with E-state index in [4.69, 9.17) is 15.4 Å². The summed E-state index contributed by atoms with van der Waals surface area (Å²) in [6.45, 7) is 3.71. The minimum Gasteiger partial charge on any atom is -0.468 e. The largest absolute Gasteiger partial charge is 0.468 e. The molecule has 0 fully saturated rings. The first-order chi connectivity index (χ1) is 7.05. The first-order valence-electron chi connectivity index (χ1n) is 4.92. The molecule has 4 heteroatoms. The highest BCUT2D eigenvalue weighted by molar-refractivity contribution is 7.99. The Morgan fingerprint density at radius 1 is 1.67 bits per heavy atom. The minimum absolute atomic E-state index is 0.688. The number of thioether (sulfide) groups is 1. The SMILES string of the molecule is Cc1occc1SCCCC(C)(N)C#N. The van der Waals surface area contributed by atoms with E-state index >= 15 is 0 Å². The Kier molecular flexibility index (Phi) is 4.25. The van der Waals surface area contributed by atoms with Crippen LogP contribution in [0.25, 0.3) is 0 Å². The minimum atomic E-state index is -0.688. The van der Waals surface area contributed by atoms with Crippen molar-refractivity contribution in [2.24, 2.45) is 5.73 Å². The van der Waals surface area contributed by atoms with Crippen LogP contribution >= 0.6 is 11.8 Å². The van der Waals surface area contributed by atoms with E-state index in [1.165, 1.54) is 4.90 Å². The van der Waals surface area contributed by atoms with Gasteiger partial charge in [0.2, 0.25) is 0 Å². The summed E-state index contributed by atoms with van der Waals surface area (Å²) in [5.41, 5.74) is 5.03. The number of hydrogen-bond donors (Lipinski definition) is 1. The van der Waals surface area contributed by atoms with E-state index in [0.717, 1.165) is 24.4 Å². The number of nitrogens with zero attached hydrogens (tertiary/aromatic N) is 1. The fourth-order valence-electron chi connectivity index (χ4n) is 1.20. The van der Waals surface area contributed by atoms with Crippen LogP contribution in [0, 0.1) is 18.3 Å². The topological polar surface area (TPSA) is 62.9 Å². The van der Waals surface area contributed by atoms with E-state index in [9.17, 15) is 0 Å². The molecule has 0 amide bonds. The Bertz CT molecular complexity index is 352. The summed E-state index contributed by atoms with van der Waals surface area (Å²) in [5.74, 6) is 1.92. The molecule has 1 aromatic rings. The van der Waals surface area contributed by atoms with E-state index in [1.54, 1.807) is 24.9 Å². The maximum absolute atomic E-state index is 8.72. The van der Waals surface area contributed by atoms with Gasteiger partial charge >= 0.3 is 0 Å². The Labute approximate surface area is 94.6 Å². The fourth-order valence-corrected chi connectivity index (χ4v) is 2.11. The quantitative estimate of drug-likeness (QED) is 0.617.